The van der Waals surface area contributed by atoms with Crippen LogP contribution < -0.4 is 20.2 Å². The first-order chi connectivity index (χ1) is 14.1. The van der Waals surface area contributed by atoms with Crippen LogP contribution in [0.25, 0.3) is 21.5 Å². The van der Waals surface area contributed by atoms with Crippen molar-refractivity contribution in [1.29, 1.82) is 0 Å². The van der Waals surface area contributed by atoms with Gasteiger partial charge in [0.25, 0.3) is 0 Å². The summed E-state index contributed by atoms with van der Waals surface area (Å²) in [7, 11) is 1.59. The Labute approximate surface area is 169 Å². The van der Waals surface area contributed by atoms with Gasteiger partial charge in [0.2, 0.25) is 5.91 Å². The quantitative estimate of drug-likeness (QED) is 0.486. The van der Waals surface area contributed by atoms with Gasteiger partial charge in [0.1, 0.15) is 11.4 Å². The van der Waals surface area contributed by atoms with Crippen LogP contribution in [0.3, 0.4) is 0 Å². The number of benzene rings is 1. The Hall–Kier alpha value is -3.79. The van der Waals surface area contributed by atoms with Crippen LogP contribution in [-0.2, 0) is 4.79 Å². The van der Waals surface area contributed by atoms with Crippen molar-refractivity contribution < 1.29 is 14.4 Å². The predicted octanol–water partition coefficient (Wildman–Crippen LogP) is 3.01. The number of hydrazine groups is 1. The third-order valence-electron chi connectivity index (χ3n) is 3.86. The lowest BCUT2D eigenvalue weighted by Gasteiger charge is -2.21. The molecule has 0 spiro atoms. The molecule has 0 unspecified atom stereocenters. The Balaban J connectivity index is 1.66. The lowest BCUT2D eigenvalue weighted by atomic mass is 10.2. The van der Waals surface area contributed by atoms with E-state index in [1.165, 1.54) is 18.3 Å². The number of amides is 1. The number of rotatable bonds is 6. The summed E-state index contributed by atoms with van der Waals surface area (Å²) < 4.78 is 5.23. The van der Waals surface area contributed by atoms with Crippen molar-refractivity contribution in [2.75, 3.05) is 12.3 Å². The van der Waals surface area contributed by atoms with Gasteiger partial charge in [-0.05, 0) is 23.6 Å². The number of pyridine rings is 1. The fourth-order valence-corrected chi connectivity index (χ4v) is 3.24. The lowest BCUT2D eigenvalue weighted by molar-refractivity contribution is -0.120. The molecule has 9 nitrogen and oxygen atoms in total. The van der Waals surface area contributed by atoms with E-state index in [2.05, 4.69) is 25.6 Å². The Morgan fingerprint density at radius 2 is 2.07 bits per heavy atom. The molecule has 146 valence electrons. The van der Waals surface area contributed by atoms with Crippen LogP contribution in [0.4, 0.5) is 5.95 Å². The summed E-state index contributed by atoms with van der Waals surface area (Å²) in [6, 6.07) is 10.9. The van der Waals surface area contributed by atoms with E-state index in [9.17, 15) is 4.79 Å². The standard InChI is InChI=1S/C19H16N6O3S/c1-12(26)24-25(19-21-11-16(22-23-19)18-4-3-9-29-18)28-17-7-8-20-15-10-13(27-2)5-6-14(15)17/h3-11H,1-2H3,(H,24,26). The van der Waals surface area contributed by atoms with Crippen molar-refractivity contribution in [3.8, 4) is 22.1 Å². The van der Waals surface area contributed by atoms with Crippen LogP contribution >= 0.6 is 11.3 Å². The molecule has 0 radical (unpaired) electrons. The van der Waals surface area contributed by atoms with Crippen molar-refractivity contribution in [1.82, 2.24) is 25.6 Å². The monoisotopic (exact) mass is 408 g/mol. The number of anilines is 1. The van der Waals surface area contributed by atoms with Crippen molar-refractivity contribution >= 4 is 34.1 Å². The first-order valence-corrected chi connectivity index (χ1v) is 9.43. The van der Waals surface area contributed by atoms with Crippen molar-refractivity contribution in [3.05, 3.63) is 54.2 Å². The summed E-state index contributed by atoms with van der Waals surface area (Å²) >= 11 is 1.53. The zero-order valence-electron chi connectivity index (χ0n) is 15.6. The number of nitrogens with zero attached hydrogens (tertiary/aromatic N) is 5. The molecule has 3 aromatic heterocycles. The molecule has 29 heavy (non-hydrogen) atoms. The van der Waals surface area contributed by atoms with E-state index < -0.39 is 0 Å². The van der Waals surface area contributed by atoms with Crippen molar-refractivity contribution in [3.63, 3.8) is 0 Å². The Morgan fingerprint density at radius 3 is 2.76 bits per heavy atom. The lowest BCUT2D eigenvalue weighted by Crippen LogP contribution is -2.45. The van der Waals surface area contributed by atoms with E-state index in [-0.39, 0.29) is 11.9 Å². The largest absolute Gasteiger partial charge is 0.497 e. The van der Waals surface area contributed by atoms with E-state index in [4.69, 9.17) is 9.57 Å². The number of nitrogens with one attached hydrogen (secondary N) is 1. The summed E-state index contributed by atoms with van der Waals surface area (Å²) in [5, 5.41) is 12.0. The van der Waals surface area contributed by atoms with Gasteiger partial charge in [0.15, 0.2) is 5.75 Å². The van der Waals surface area contributed by atoms with Crippen LogP contribution in [0.15, 0.2) is 54.2 Å². The second kappa shape index (κ2) is 8.07. The molecule has 1 N–H and O–H groups in total. The van der Waals surface area contributed by atoms with Gasteiger partial charge in [0, 0.05) is 30.6 Å². The molecular formula is C19H16N6O3S. The molecule has 0 saturated carbocycles. The highest BCUT2D eigenvalue weighted by Gasteiger charge is 2.17. The summed E-state index contributed by atoms with van der Waals surface area (Å²) in [5.74, 6) is 0.866. The number of thiophene rings is 1. The number of hydrogen-bond donors (Lipinski definition) is 1. The van der Waals surface area contributed by atoms with E-state index in [1.54, 1.807) is 37.7 Å². The molecule has 0 aliphatic rings. The summed E-state index contributed by atoms with van der Waals surface area (Å²) in [6.45, 7) is 1.36. The van der Waals surface area contributed by atoms with Crippen molar-refractivity contribution in [2.24, 2.45) is 0 Å². The first kappa shape index (κ1) is 18.6. The average Bonchev–Trinajstić information content (AvgIpc) is 3.28. The number of ether oxygens (including phenoxy) is 1. The fraction of sp³-hybridized carbons (Fsp3) is 0.105. The van der Waals surface area contributed by atoms with E-state index in [0.717, 1.165) is 15.4 Å². The highest BCUT2D eigenvalue weighted by molar-refractivity contribution is 7.13. The van der Waals surface area contributed by atoms with Crippen LogP contribution in [0.5, 0.6) is 11.5 Å². The maximum Gasteiger partial charge on any atom is 0.301 e. The molecule has 3 heterocycles. The number of fused-ring (bicyclic) bond motifs is 1. The summed E-state index contributed by atoms with van der Waals surface area (Å²) in [5.41, 5.74) is 3.86. The average molecular weight is 408 g/mol. The zero-order chi connectivity index (χ0) is 20.2. The van der Waals surface area contributed by atoms with Crippen molar-refractivity contribution in [2.45, 2.75) is 6.92 Å². The smallest absolute Gasteiger partial charge is 0.301 e. The number of methoxy groups -OCH3 is 1. The second-order valence-electron chi connectivity index (χ2n) is 5.87. The normalized spacial score (nSPS) is 10.6. The van der Waals surface area contributed by atoms with Crippen LogP contribution in [-0.4, -0.2) is 33.2 Å². The molecule has 0 aliphatic carbocycles. The molecule has 4 aromatic rings. The van der Waals surface area contributed by atoms with Gasteiger partial charge in [-0.15, -0.1) is 21.5 Å². The van der Waals surface area contributed by atoms with Gasteiger partial charge in [-0.1, -0.05) is 11.2 Å². The van der Waals surface area contributed by atoms with Gasteiger partial charge in [0.05, 0.1) is 23.7 Å². The zero-order valence-corrected chi connectivity index (χ0v) is 16.4. The van der Waals surface area contributed by atoms with Gasteiger partial charge in [-0.3, -0.25) is 9.78 Å². The predicted molar refractivity (Wildman–Crippen MR) is 108 cm³/mol. The molecule has 0 saturated heterocycles. The topological polar surface area (TPSA) is 102 Å². The Bertz CT molecular complexity index is 1130. The molecule has 4 rings (SSSR count). The minimum absolute atomic E-state index is 0.0824. The summed E-state index contributed by atoms with van der Waals surface area (Å²) in [6.07, 6.45) is 3.17. The molecule has 0 atom stereocenters. The minimum atomic E-state index is -0.351. The minimum Gasteiger partial charge on any atom is -0.497 e. The third kappa shape index (κ3) is 4.06. The van der Waals surface area contributed by atoms with Gasteiger partial charge < -0.3 is 9.57 Å². The van der Waals surface area contributed by atoms with E-state index >= 15 is 0 Å². The van der Waals surface area contributed by atoms with E-state index in [1.807, 2.05) is 23.6 Å². The molecule has 10 heteroatoms. The number of aromatic nitrogens is 4. The number of hydrogen-bond acceptors (Lipinski definition) is 9. The van der Waals surface area contributed by atoms with Crippen LogP contribution in [0.2, 0.25) is 0 Å². The molecule has 1 amide bonds. The summed E-state index contributed by atoms with van der Waals surface area (Å²) in [4.78, 5) is 27.1. The highest BCUT2D eigenvalue weighted by Crippen LogP contribution is 2.28. The van der Waals surface area contributed by atoms with E-state index in [0.29, 0.717) is 22.7 Å². The molecule has 1 aromatic carbocycles. The number of carbonyl (C=O) groups is 1. The molecule has 0 fully saturated rings. The Kier molecular flexibility index (Phi) is 5.16. The maximum atomic E-state index is 11.7. The molecular weight excluding hydrogens is 392 g/mol. The van der Waals surface area contributed by atoms with Gasteiger partial charge >= 0.3 is 5.95 Å². The maximum absolute atomic E-state index is 11.7. The van der Waals surface area contributed by atoms with Gasteiger partial charge in [-0.25, -0.2) is 10.4 Å². The molecule has 0 aliphatic heterocycles. The highest BCUT2D eigenvalue weighted by atomic mass is 32.1. The van der Waals surface area contributed by atoms with Gasteiger partial charge in [-0.2, -0.15) is 0 Å². The Morgan fingerprint density at radius 1 is 1.17 bits per heavy atom. The first-order valence-electron chi connectivity index (χ1n) is 8.56. The molecule has 0 bridgehead atoms. The SMILES string of the molecule is COc1ccc2c(ON(NC(C)=O)c3ncc(-c4cccs4)nn3)ccnc2c1. The van der Waals surface area contributed by atoms with Crippen LogP contribution in [0, 0.1) is 0 Å². The second-order valence-corrected chi connectivity index (χ2v) is 6.81. The number of carbonyl (C=O) groups excluding carboxylic acids is 1. The third-order valence-corrected chi connectivity index (χ3v) is 4.76. The van der Waals surface area contributed by atoms with Crippen LogP contribution in [0.1, 0.15) is 6.92 Å². The fourth-order valence-electron chi connectivity index (χ4n) is 2.56.